The normalized spacial score (nSPS) is 27.1. The fourth-order valence-electron chi connectivity index (χ4n) is 3.07. The highest BCUT2D eigenvalue weighted by atomic mass is 35.5. The van der Waals surface area contributed by atoms with Crippen LogP contribution in [0, 0.1) is 0 Å². The second kappa shape index (κ2) is 7.25. The van der Waals surface area contributed by atoms with Crippen LogP contribution < -0.4 is 10.2 Å². The minimum absolute atomic E-state index is 0.0672. The van der Waals surface area contributed by atoms with Gasteiger partial charge in [-0.3, -0.25) is 9.69 Å². The maximum atomic E-state index is 12.1. The number of hydrogen-bond acceptors (Lipinski definition) is 6. The van der Waals surface area contributed by atoms with Crippen molar-refractivity contribution in [3.05, 3.63) is 24.4 Å². The number of alkyl halides is 1. The number of amides is 1. The third-order valence-electron chi connectivity index (χ3n) is 4.34. The molecule has 24 heavy (non-hydrogen) atoms. The molecule has 7 nitrogen and oxygen atoms in total. The molecule has 0 spiro atoms. The molecule has 1 aromatic heterocycles. The van der Waals surface area contributed by atoms with Gasteiger partial charge in [0.15, 0.2) is 9.84 Å². The molecule has 1 N–H and O–H groups in total. The van der Waals surface area contributed by atoms with Gasteiger partial charge in [0.05, 0.1) is 29.5 Å². The molecule has 3 heterocycles. The third-order valence-corrected chi connectivity index (χ3v) is 6.72. The number of nitrogens with zero attached hydrogens (tertiary/aromatic N) is 3. The van der Waals surface area contributed by atoms with Crippen molar-refractivity contribution in [1.82, 2.24) is 15.2 Å². The summed E-state index contributed by atoms with van der Waals surface area (Å²) in [5, 5.41) is 2.22. The van der Waals surface area contributed by atoms with E-state index in [1.165, 1.54) is 0 Å². The molecule has 0 saturated carbocycles. The van der Waals surface area contributed by atoms with E-state index in [2.05, 4.69) is 20.1 Å². The number of sulfone groups is 1. The first kappa shape index (κ1) is 17.4. The van der Waals surface area contributed by atoms with Crippen molar-refractivity contribution in [2.75, 3.05) is 49.1 Å². The quantitative estimate of drug-likeness (QED) is 0.732. The average Bonchev–Trinajstić information content (AvgIpc) is 2.80. The van der Waals surface area contributed by atoms with Gasteiger partial charge in [-0.15, -0.1) is 11.6 Å². The van der Waals surface area contributed by atoms with E-state index in [-0.39, 0.29) is 24.0 Å². The Morgan fingerprint density at radius 2 is 2.00 bits per heavy atom. The fraction of sp³-hybridized carbons (Fsp3) is 0.600. The first-order valence-electron chi connectivity index (χ1n) is 7.95. The van der Waals surface area contributed by atoms with E-state index in [0.29, 0.717) is 0 Å². The van der Waals surface area contributed by atoms with Gasteiger partial charge in [-0.2, -0.15) is 0 Å². The van der Waals surface area contributed by atoms with Crippen LogP contribution in [-0.4, -0.2) is 79.9 Å². The molecule has 2 saturated heterocycles. The van der Waals surface area contributed by atoms with Crippen molar-refractivity contribution in [2.24, 2.45) is 0 Å². The summed E-state index contributed by atoms with van der Waals surface area (Å²) in [4.78, 5) is 20.7. The van der Waals surface area contributed by atoms with Crippen LogP contribution in [0.5, 0.6) is 0 Å². The number of piperazine rings is 1. The van der Waals surface area contributed by atoms with Gasteiger partial charge in [0, 0.05) is 32.4 Å². The molecular formula is C15H21ClN4O3S. The van der Waals surface area contributed by atoms with Crippen molar-refractivity contribution in [1.29, 1.82) is 0 Å². The maximum absolute atomic E-state index is 12.1. The number of rotatable bonds is 4. The van der Waals surface area contributed by atoms with E-state index >= 15 is 0 Å². The van der Waals surface area contributed by atoms with Crippen molar-refractivity contribution in [2.45, 2.75) is 11.4 Å². The highest BCUT2D eigenvalue weighted by molar-refractivity contribution is 7.91. The molecule has 0 aromatic carbocycles. The molecule has 0 unspecified atom stereocenters. The summed E-state index contributed by atoms with van der Waals surface area (Å²) in [6.07, 6.45) is 1.77. The molecule has 0 bridgehead atoms. The van der Waals surface area contributed by atoms with E-state index in [1.54, 1.807) is 6.20 Å². The number of aromatic nitrogens is 1. The summed E-state index contributed by atoms with van der Waals surface area (Å²) >= 11 is 6.02. The van der Waals surface area contributed by atoms with Crippen LogP contribution in [0.15, 0.2) is 24.4 Å². The number of nitrogens with one attached hydrogen (secondary N) is 1. The number of pyridine rings is 1. The highest BCUT2D eigenvalue weighted by Gasteiger charge is 2.37. The lowest BCUT2D eigenvalue weighted by molar-refractivity contribution is -0.122. The second-order valence-corrected chi connectivity index (χ2v) is 8.93. The highest BCUT2D eigenvalue weighted by Crippen LogP contribution is 2.18. The SMILES string of the molecule is O=C(CN1CCN(c2ccccn2)CC1)N[C@@H]1CS(=O)(=O)C[C@H]1Cl. The minimum atomic E-state index is -3.14. The number of carbonyl (C=O) groups excluding carboxylic acids is 1. The molecule has 2 aliphatic rings. The van der Waals surface area contributed by atoms with Crippen molar-refractivity contribution >= 4 is 33.2 Å². The lowest BCUT2D eigenvalue weighted by Crippen LogP contribution is -2.51. The van der Waals surface area contributed by atoms with E-state index in [4.69, 9.17) is 11.6 Å². The van der Waals surface area contributed by atoms with Crippen LogP contribution >= 0.6 is 11.6 Å². The molecule has 2 fully saturated rings. The van der Waals surface area contributed by atoms with E-state index in [0.717, 1.165) is 32.0 Å². The second-order valence-electron chi connectivity index (χ2n) is 6.22. The molecule has 2 aliphatic heterocycles. The maximum Gasteiger partial charge on any atom is 0.234 e. The standard InChI is InChI=1S/C15H21ClN4O3S/c16-12-10-24(22,23)11-13(12)18-15(21)9-19-5-7-20(8-6-19)14-3-1-2-4-17-14/h1-4,12-13H,5-11H2,(H,18,21)/t12-,13-/m1/s1. The Labute approximate surface area is 146 Å². The molecular weight excluding hydrogens is 352 g/mol. The van der Waals surface area contributed by atoms with Crippen molar-refractivity contribution in [3.8, 4) is 0 Å². The van der Waals surface area contributed by atoms with Crippen molar-refractivity contribution in [3.63, 3.8) is 0 Å². The summed E-state index contributed by atoms with van der Waals surface area (Å²) in [6, 6.07) is 5.33. The smallest absolute Gasteiger partial charge is 0.234 e. The van der Waals surface area contributed by atoms with E-state index in [9.17, 15) is 13.2 Å². The first-order valence-corrected chi connectivity index (χ1v) is 10.2. The Kier molecular flexibility index (Phi) is 5.27. The molecule has 3 rings (SSSR count). The molecule has 132 valence electrons. The zero-order chi connectivity index (χ0) is 17.2. The van der Waals surface area contributed by atoms with Gasteiger partial charge in [-0.05, 0) is 12.1 Å². The molecule has 0 radical (unpaired) electrons. The van der Waals surface area contributed by atoms with Gasteiger partial charge in [-0.1, -0.05) is 6.07 Å². The molecule has 2 atom stereocenters. The van der Waals surface area contributed by atoms with Gasteiger partial charge < -0.3 is 10.2 Å². The lowest BCUT2D eigenvalue weighted by atomic mass is 10.2. The topological polar surface area (TPSA) is 82.6 Å². The molecule has 0 aliphatic carbocycles. The van der Waals surface area contributed by atoms with Crippen LogP contribution in [0.25, 0.3) is 0 Å². The third kappa shape index (κ3) is 4.37. The van der Waals surface area contributed by atoms with Crippen LogP contribution in [0.2, 0.25) is 0 Å². The largest absolute Gasteiger partial charge is 0.354 e. The molecule has 1 amide bonds. The first-order chi connectivity index (χ1) is 11.4. The Hall–Kier alpha value is -1.38. The summed E-state index contributed by atoms with van der Waals surface area (Å²) in [5.74, 6) is 0.639. The Morgan fingerprint density at radius 3 is 2.58 bits per heavy atom. The number of carbonyl (C=O) groups is 1. The van der Waals surface area contributed by atoms with E-state index < -0.39 is 21.3 Å². The van der Waals surface area contributed by atoms with E-state index in [1.807, 2.05) is 18.2 Å². The summed E-state index contributed by atoms with van der Waals surface area (Å²) in [6.45, 7) is 3.39. The van der Waals surface area contributed by atoms with Crippen LogP contribution in [0.4, 0.5) is 5.82 Å². The summed E-state index contributed by atoms with van der Waals surface area (Å²) in [5.41, 5.74) is 0. The zero-order valence-corrected chi connectivity index (χ0v) is 14.8. The Bertz CT molecular complexity index is 677. The van der Waals surface area contributed by atoms with Gasteiger partial charge in [0.25, 0.3) is 0 Å². The van der Waals surface area contributed by atoms with Gasteiger partial charge in [-0.25, -0.2) is 13.4 Å². The Morgan fingerprint density at radius 1 is 1.25 bits per heavy atom. The summed E-state index contributed by atoms with van der Waals surface area (Å²) < 4.78 is 23.1. The Balaban J connectivity index is 1.45. The monoisotopic (exact) mass is 372 g/mol. The van der Waals surface area contributed by atoms with Gasteiger partial charge in [0.1, 0.15) is 5.82 Å². The predicted octanol–water partition coefficient (Wildman–Crippen LogP) is -0.276. The lowest BCUT2D eigenvalue weighted by Gasteiger charge is -2.35. The molecule has 1 aromatic rings. The van der Waals surface area contributed by atoms with Crippen LogP contribution in [0.3, 0.4) is 0 Å². The van der Waals surface area contributed by atoms with Gasteiger partial charge in [0.2, 0.25) is 5.91 Å². The van der Waals surface area contributed by atoms with Crippen molar-refractivity contribution < 1.29 is 13.2 Å². The number of hydrogen-bond donors (Lipinski definition) is 1. The van der Waals surface area contributed by atoms with Crippen LogP contribution in [-0.2, 0) is 14.6 Å². The predicted molar refractivity (Wildman–Crippen MR) is 93.1 cm³/mol. The average molecular weight is 373 g/mol. The fourth-order valence-corrected chi connectivity index (χ4v) is 5.62. The summed E-state index contributed by atoms with van der Waals surface area (Å²) in [7, 11) is -3.14. The van der Waals surface area contributed by atoms with Crippen LogP contribution in [0.1, 0.15) is 0 Å². The number of anilines is 1. The molecule has 9 heteroatoms. The zero-order valence-electron chi connectivity index (χ0n) is 13.3. The van der Waals surface area contributed by atoms with Gasteiger partial charge >= 0.3 is 0 Å². The number of halogens is 1. The minimum Gasteiger partial charge on any atom is -0.354 e.